The van der Waals surface area contributed by atoms with Crippen LogP contribution >= 0.6 is 11.6 Å². The molecule has 0 aromatic heterocycles. The first-order chi connectivity index (χ1) is 10.5. The highest BCUT2D eigenvalue weighted by Gasteiger charge is 2.07. The van der Waals surface area contributed by atoms with Gasteiger partial charge in [0.2, 0.25) is 11.8 Å². The van der Waals surface area contributed by atoms with Crippen LogP contribution in [0.25, 0.3) is 0 Å². The molecule has 0 aliphatic heterocycles. The first-order valence-electron chi connectivity index (χ1n) is 6.84. The van der Waals surface area contributed by atoms with Crippen LogP contribution in [0.3, 0.4) is 0 Å². The largest absolute Gasteiger partial charge is 0.326 e. The zero-order valence-corrected chi connectivity index (χ0v) is 13.2. The van der Waals surface area contributed by atoms with Crippen LogP contribution in [0.15, 0.2) is 48.5 Å². The van der Waals surface area contributed by atoms with Crippen LogP contribution in [0.4, 0.5) is 11.4 Å². The Morgan fingerprint density at radius 2 is 1.82 bits per heavy atom. The van der Waals surface area contributed by atoms with Crippen molar-refractivity contribution in [3.05, 3.63) is 59.1 Å². The summed E-state index contributed by atoms with van der Waals surface area (Å²) in [7, 11) is 1.71. The molecule has 0 spiro atoms. The van der Waals surface area contributed by atoms with Crippen LogP contribution in [-0.4, -0.2) is 18.9 Å². The van der Waals surface area contributed by atoms with Gasteiger partial charge in [0, 0.05) is 30.4 Å². The quantitative estimate of drug-likeness (QED) is 0.938. The molecule has 114 valence electrons. The molecule has 2 amide bonds. The second-order valence-electron chi connectivity index (χ2n) is 4.98. The number of carbonyl (C=O) groups excluding carboxylic acids is 2. The van der Waals surface area contributed by atoms with E-state index in [0.717, 1.165) is 11.3 Å². The lowest BCUT2D eigenvalue weighted by Crippen LogP contribution is -2.22. The fourth-order valence-corrected chi connectivity index (χ4v) is 2.17. The molecule has 2 aromatic carbocycles. The van der Waals surface area contributed by atoms with Gasteiger partial charge in [-0.05, 0) is 35.9 Å². The maximum absolute atomic E-state index is 12.0. The Bertz CT molecular complexity index is 683. The van der Waals surface area contributed by atoms with E-state index in [1.165, 1.54) is 6.92 Å². The van der Waals surface area contributed by atoms with Crippen molar-refractivity contribution in [2.24, 2.45) is 0 Å². The molecule has 1 N–H and O–H groups in total. The number of halogens is 1. The first-order valence-corrected chi connectivity index (χ1v) is 7.22. The topological polar surface area (TPSA) is 49.4 Å². The average molecular weight is 317 g/mol. The fraction of sp³-hybridized carbons (Fsp3) is 0.176. The lowest BCUT2D eigenvalue weighted by molar-refractivity contribution is -0.116. The summed E-state index contributed by atoms with van der Waals surface area (Å²) in [5, 5.41) is 3.38. The van der Waals surface area contributed by atoms with Gasteiger partial charge < -0.3 is 10.2 Å². The molecule has 0 atom stereocenters. The van der Waals surface area contributed by atoms with Gasteiger partial charge in [0.1, 0.15) is 0 Å². The predicted molar refractivity (Wildman–Crippen MR) is 89.3 cm³/mol. The van der Waals surface area contributed by atoms with Crippen LogP contribution in [0.5, 0.6) is 0 Å². The summed E-state index contributed by atoms with van der Waals surface area (Å²) in [6, 6.07) is 14.3. The Balaban J connectivity index is 1.98. The maximum Gasteiger partial charge on any atom is 0.228 e. The summed E-state index contributed by atoms with van der Waals surface area (Å²) < 4.78 is 0. The van der Waals surface area contributed by atoms with Crippen molar-refractivity contribution in [2.45, 2.75) is 13.3 Å². The zero-order chi connectivity index (χ0) is 16.1. The number of nitrogens with one attached hydrogen (secondary N) is 1. The molecule has 5 heteroatoms. The standard InChI is InChI=1S/C17H17ClN2O2/c1-12(21)20(2)16-8-6-13(7-9-16)10-17(22)19-15-5-3-4-14(18)11-15/h3-9,11H,10H2,1-2H3,(H,19,22). The molecule has 2 aromatic rings. The summed E-state index contributed by atoms with van der Waals surface area (Å²) in [5.74, 6) is -0.151. The molecule has 0 aliphatic rings. The molecule has 4 nitrogen and oxygen atoms in total. The van der Waals surface area contributed by atoms with Crippen LogP contribution in [-0.2, 0) is 16.0 Å². The highest BCUT2D eigenvalue weighted by Crippen LogP contribution is 2.17. The van der Waals surface area contributed by atoms with Crippen molar-refractivity contribution in [3.8, 4) is 0 Å². The number of rotatable bonds is 4. The third kappa shape index (κ3) is 4.33. The van der Waals surface area contributed by atoms with E-state index in [4.69, 9.17) is 11.6 Å². The second-order valence-corrected chi connectivity index (χ2v) is 5.42. The maximum atomic E-state index is 12.0. The van der Waals surface area contributed by atoms with Crippen molar-refractivity contribution in [3.63, 3.8) is 0 Å². The van der Waals surface area contributed by atoms with Crippen LogP contribution in [0.2, 0.25) is 5.02 Å². The molecule has 2 rings (SSSR count). The molecule has 0 radical (unpaired) electrons. The van der Waals surface area contributed by atoms with Gasteiger partial charge >= 0.3 is 0 Å². The SMILES string of the molecule is CC(=O)N(C)c1ccc(CC(=O)Nc2cccc(Cl)c2)cc1. The van der Waals surface area contributed by atoms with Gasteiger partial charge in [-0.1, -0.05) is 29.8 Å². The smallest absolute Gasteiger partial charge is 0.228 e. The van der Waals surface area contributed by atoms with Gasteiger partial charge in [-0.25, -0.2) is 0 Å². The monoisotopic (exact) mass is 316 g/mol. The summed E-state index contributed by atoms with van der Waals surface area (Å²) in [5.41, 5.74) is 2.34. The summed E-state index contributed by atoms with van der Waals surface area (Å²) in [6.45, 7) is 1.51. The molecule has 0 bridgehead atoms. The third-order valence-electron chi connectivity index (χ3n) is 3.27. The van der Waals surface area contributed by atoms with Crippen molar-refractivity contribution in [2.75, 3.05) is 17.3 Å². The number of anilines is 2. The lowest BCUT2D eigenvalue weighted by Gasteiger charge is -2.15. The average Bonchev–Trinajstić information content (AvgIpc) is 2.47. The number of hydrogen-bond acceptors (Lipinski definition) is 2. The van der Waals surface area contributed by atoms with E-state index >= 15 is 0 Å². The van der Waals surface area contributed by atoms with E-state index in [2.05, 4.69) is 5.32 Å². The fourth-order valence-electron chi connectivity index (χ4n) is 1.98. The highest BCUT2D eigenvalue weighted by atomic mass is 35.5. The molecule has 0 unspecified atom stereocenters. The zero-order valence-electron chi connectivity index (χ0n) is 12.5. The Labute approximate surface area is 134 Å². The number of amides is 2. The minimum Gasteiger partial charge on any atom is -0.326 e. The molecule has 0 heterocycles. The van der Waals surface area contributed by atoms with Gasteiger partial charge in [-0.3, -0.25) is 9.59 Å². The first kappa shape index (κ1) is 16.0. The number of benzene rings is 2. The van der Waals surface area contributed by atoms with E-state index in [1.54, 1.807) is 36.2 Å². The van der Waals surface area contributed by atoms with Crippen molar-refractivity contribution in [1.29, 1.82) is 0 Å². The van der Waals surface area contributed by atoms with Crippen molar-refractivity contribution < 1.29 is 9.59 Å². The van der Waals surface area contributed by atoms with Crippen molar-refractivity contribution >= 4 is 34.8 Å². The molecular formula is C17H17ClN2O2. The summed E-state index contributed by atoms with van der Waals surface area (Å²) in [4.78, 5) is 24.8. The molecule has 22 heavy (non-hydrogen) atoms. The van der Waals surface area contributed by atoms with E-state index < -0.39 is 0 Å². The van der Waals surface area contributed by atoms with E-state index in [-0.39, 0.29) is 18.2 Å². The number of carbonyl (C=O) groups is 2. The second kappa shape index (κ2) is 7.09. The van der Waals surface area contributed by atoms with Gasteiger partial charge in [0.25, 0.3) is 0 Å². The van der Waals surface area contributed by atoms with Crippen LogP contribution in [0.1, 0.15) is 12.5 Å². The molecule has 0 aliphatic carbocycles. The minimum absolute atomic E-state index is 0.0357. The van der Waals surface area contributed by atoms with Gasteiger partial charge in [0.15, 0.2) is 0 Å². The number of nitrogens with zero attached hydrogens (tertiary/aromatic N) is 1. The summed E-state index contributed by atoms with van der Waals surface area (Å²) in [6.07, 6.45) is 0.260. The van der Waals surface area contributed by atoms with Crippen LogP contribution < -0.4 is 10.2 Å². The summed E-state index contributed by atoms with van der Waals surface area (Å²) >= 11 is 5.88. The van der Waals surface area contributed by atoms with E-state index in [0.29, 0.717) is 10.7 Å². The van der Waals surface area contributed by atoms with E-state index in [1.807, 2.05) is 24.3 Å². The molecule has 0 saturated heterocycles. The Hall–Kier alpha value is -2.33. The van der Waals surface area contributed by atoms with Gasteiger partial charge in [-0.15, -0.1) is 0 Å². The van der Waals surface area contributed by atoms with Crippen molar-refractivity contribution in [1.82, 2.24) is 0 Å². The Kier molecular flexibility index (Phi) is 5.17. The third-order valence-corrected chi connectivity index (χ3v) is 3.50. The number of hydrogen-bond donors (Lipinski definition) is 1. The normalized spacial score (nSPS) is 10.1. The predicted octanol–water partition coefficient (Wildman–Crippen LogP) is 3.50. The molecule has 0 fully saturated rings. The highest BCUT2D eigenvalue weighted by molar-refractivity contribution is 6.30. The molecular weight excluding hydrogens is 300 g/mol. The molecule has 0 saturated carbocycles. The minimum atomic E-state index is -0.116. The van der Waals surface area contributed by atoms with Gasteiger partial charge in [-0.2, -0.15) is 0 Å². The van der Waals surface area contributed by atoms with Gasteiger partial charge in [0.05, 0.1) is 6.42 Å². The van der Waals surface area contributed by atoms with E-state index in [9.17, 15) is 9.59 Å². The Morgan fingerprint density at radius 1 is 1.14 bits per heavy atom. The Morgan fingerprint density at radius 3 is 2.41 bits per heavy atom. The lowest BCUT2D eigenvalue weighted by atomic mass is 10.1. The van der Waals surface area contributed by atoms with Crippen LogP contribution in [0, 0.1) is 0 Å².